The van der Waals surface area contributed by atoms with Gasteiger partial charge >= 0.3 is 0 Å². The summed E-state index contributed by atoms with van der Waals surface area (Å²) in [6, 6.07) is 0. The van der Waals surface area contributed by atoms with E-state index in [1.165, 1.54) is 25.0 Å². The van der Waals surface area contributed by atoms with Crippen LogP contribution in [0.25, 0.3) is 0 Å². The fourth-order valence-electron chi connectivity index (χ4n) is 1.86. The molecule has 1 aromatic rings. The van der Waals surface area contributed by atoms with E-state index in [0.717, 1.165) is 17.7 Å². The van der Waals surface area contributed by atoms with Gasteiger partial charge in [-0.15, -0.1) is 0 Å². The summed E-state index contributed by atoms with van der Waals surface area (Å²) in [6.45, 7) is 1.10. The Morgan fingerprint density at radius 1 is 1.64 bits per heavy atom. The van der Waals surface area contributed by atoms with Crippen molar-refractivity contribution in [3.8, 4) is 0 Å². The Morgan fingerprint density at radius 2 is 2.57 bits per heavy atom. The second kappa shape index (κ2) is 4.73. The van der Waals surface area contributed by atoms with Crippen LogP contribution in [0.4, 0.5) is 5.95 Å². The first-order valence-corrected chi connectivity index (χ1v) is 6.25. The molecule has 1 atom stereocenters. The summed E-state index contributed by atoms with van der Waals surface area (Å²) in [7, 11) is 1.92. The fraction of sp³-hybridized carbons (Fsp3) is 0.700. The lowest BCUT2D eigenvalue weighted by molar-refractivity contribution is 0.586. The Kier molecular flexibility index (Phi) is 3.35. The van der Waals surface area contributed by atoms with Crippen molar-refractivity contribution in [1.82, 2.24) is 9.55 Å². The van der Waals surface area contributed by atoms with Gasteiger partial charge in [0.05, 0.1) is 0 Å². The van der Waals surface area contributed by atoms with E-state index in [4.69, 9.17) is 0 Å². The fourth-order valence-corrected chi connectivity index (χ4v) is 3.16. The van der Waals surface area contributed by atoms with Crippen molar-refractivity contribution >= 4 is 17.7 Å². The molecule has 2 heterocycles. The first-order chi connectivity index (χ1) is 6.90. The van der Waals surface area contributed by atoms with Gasteiger partial charge in [0, 0.05) is 31.2 Å². The first kappa shape index (κ1) is 9.90. The van der Waals surface area contributed by atoms with E-state index >= 15 is 0 Å². The molecule has 0 bridgehead atoms. The number of rotatable bonds is 3. The molecule has 78 valence electrons. The lowest BCUT2D eigenvalue weighted by Gasteiger charge is -2.22. The average Bonchev–Trinajstić information content (AvgIpc) is 2.67. The summed E-state index contributed by atoms with van der Waals surface area (Å²) in [5.74, 6) is 2.31. The quantitative estimate of drug-likeness (QED) is 0.831. The Labute approximate surface area is 89.3 Å². The number of hydrogen-bond donors (Lipinski definition) is 1. The summed E-state index contributed by atoms with van der Waals surface area (Å²) < 4.78 is 2.21. The zero-order chi connectivity index (χ0) is 9.80. The molecule has 1 aliphatic rings. The van der Waals surface area contributed by atoms with Crippen LogP contribution in [0.3, 0.4) is 0 Å². The molecular weight excluding hydrogens is 194 g/mol. The van der Waals surface area contributed by atoms with Gasteiger partial charge in [-0.05, 0) is 18.6 Å². The van der Waals surface area contributed by atoms with Gasteiger partial charge in [-0.2, -0.15) is 11.8 Å². The van der Waals surface area contributed by atoms with Crippen molar-refractivity contribution in [2.75, 3.05) is 18.1 Å². The third-order valence-corrected chi connectivity index (χ3v) is 3.99. The van der Waals surface area contributed by atoms with Gasteiger partial charge in [0.1, 0.15) is 0 Å². The van der Waals surface area contributed by atoms with E-state index in [1.807, 2.05) is 13.2 Å². The second-order valence-electron chi connectivity index (χ2n) is 3.64. The predicted octanol–water partition coefficient (Wildman–Crippen LogP) is 2.21. The molecular formula is C10H17N3S. The largest absolute Gasteiger partial charge is 0.359 e. The average molecular weight is 211 g/mol. The van der Waals surface area contributed by atoms with Crippen LogP contribution >= 0.6 is 11.8 Å². The lowest BCUT2D eigenvalue weighted by atomic mass is 10.2. The van der Waals surface area contributed by atoms with Crippen molar-refractivity contribution in [3.63, 3.8) is 0 Å². The smallest absolute Gasteiger partial charge is 0.202 e. The van der Waals surface area contributed by atoms with Gasteiger partial charge in [0.25, 0.3) is 0 Å². The third-order valence-electron chi connectivity index (χ3n) is 2.61. The number of aromatic nitrogens is 2. The zero-order valence-electron chi connectivity index (χ0n) is 8.57. The van der Waals surface area contributed by atoms with E-state index in [9.17, 15) is 0 Å². The summed E-state index contributed by atoms with van der Waals surface area (Å²) in [4.78, 5) is 4.24. The molecule has 0 amide bonds. The van der Waals surface area contributed by atoms with Crippen LogP contribution in [0.1, 0.15) is 19.3 Å². The molecule has 3 nitrogen and oxygen atoms in total. The van der Waals surface area contributed by atoms with Crippen molar-refractivity contribution in [2.45, 2.75) is 31.1 Å². The molecule has 14 heavy (non-hydrogen) atoms. The molecule has 1 N–H and O–H groups in total. The molecule has 1 fully saturated rings. The van der Waals surface area contributed by atoms with Crippen molar-refractivity contribution < 1.29 is 0 Å². The molecule has 2 rings (SSSR count). The minimum Gasteiger partial charge on any atom is -0.359 e. The monoisotopic (exact) mass is 211 g/mol. The minimum atomic E-state index is 0.782. The molecule has 0 aliphatic carbocycles. The van der Waals surface area contributed by atoms with E-state index in [-0.39, 0.29) is 0 Å². The van der Waals surface area contributed by atoms with Crippen LogP contribution in [0, 0.1) is 0 Å². The standard InChI is InChI=1S/C10H17N3S/c1-11-10-12-5-6-13(10)8-9-4-2-3-7-14-9/h5-6,9H,2-4,7-8H2,1H3,(H,11,12). The maximum absolute atomic E-state index is 4.24. The van der Waals surface area contributed by atoms with Gasteiger partial charge in [0.15, 0.2) is 0 Å². The van der Waals surface area contributed by atoms with Crippen LogP contribution in [0.2, 0.25) is 0 Å². The molecule has 1 aliphatic heterocycles. The zero-order valence-corrected chi connectivity index (χ0v) is 9.39. The number of anilines is 1. The number of thioether (sulfide) groups is 1. The Balaban J connectivity index is 1.95. The molecule has 0 saturated carbocycles. The summed E-state index contributed by atoms with van der Waals surface area (Å²) in [6.07, 6.45) is 8.05. The SMILES string of the molecule is CNc1nccn1CC1CCCCS1. The van der Waals surface area contributed by atoms with Crippen molar-refractivity contribution in [2.24, 2.45) is 0 Å². The number of imidazole rings is 1. The maximum atomic E-state index is 4.24. The summed E-state index contributed by atoms with van der Waals surface area (Å²) >= 11 is 2.10. The van der Waals surface area contributed by atoms with E-state index in [2.05, 4.69) is 32.8 Å². The Hall–Kier alpha value is -0.640. The maximum Gasteiger partial charge on any atom is 0.202 e. The summed E-state index contributed by atoms with van der Waals surface area (Å²) in [5, 5.41) is 3.89. The van der Waals surface area contributed by atoms with Crippen LogP contribution in [0.5, 0.6) is 0 Å². The highest BCUT2D eigenvalue weighted by molar-refractivity contribution is 7.99. The highest BCUT2D eigenvalue weighted by Gasteiger charge is 2.15. The molecule has 1 saturated heterocycles. The Bertz CT molecular complexity index is 279. The summed E-state index contributed by atoms with van der Waals surface area (Å²) in [5.41, 5.74) is 0. The molecule has 0 spiro atoms. The predicted molar refractivity (Wildman–Crippen MR) is 61.9 cm³/mol. The second-order valence-corrected chi connectivity index (χ2v) is 5.05. The van der Waals surface area contributed by atoms with Crippen LogP contribution in [-0.4, -0.2) is 27.6 Å². The van der Waals surface area contributed by atoms with Crippen LogP contribution in [-0.2, 0) is 6.54 Å². The normalized spacial score (nSPS) is 22.2. The van der Waals surface area contributed by atoms with Gasteiger partial charge in [-0.1, -0.05) is 6.42 Å². The van der Waals surface area contributed by atoms with Crippen LogP contribution < -0.4 is 5.32 Å². The molecule has 0 radical (unpaired) electrons. The van der Waals surface area contributed by atoms with Crippen molar-refractivity contribution in [3.05, 3.63) is 12.4 Å². The van der Waals surface area contributed by atoms with Gasteiger partial charge in [-0.25, -0.2) is 4.98 Å². The van der Waals surface area contributed by atoms with Gasteiger partial charge < -0.3 is 9.88 Å². The highest BCUT2D eigenvalue weighted by Crippen LogP contribution is 2.26. The lowest BCUT2D eigenvalue weighted by Crippen LogP contribution is -2.17. The van der Waals surface area contributed by atoms with E-state index < -0.39 is 0 Å². The Morgan fingerprint density at radius 3 is 3.29 bits per heavy atom. The first-order valence-electron chi connectivity index (χ1n) is 5.20. The van der Waals surface area contributed by atoms with Gasteiger partial charge in [-0.3, -0.25) is 0 Å². The highest BCUT2D eigenvalue weighted by atomic mass is 32.2. The van der Waals surface area contributed by atoms with Crippen molar-refractivity contribution in [1.29, 1.82) is 0 Å². The molecule has 0 aromatic carbocycles. The van der Waals surface area contributed by atoms with Crippen LogP contribution in [0.15, 0.2) is 12.4 Å². The number of nitrogens with one attached hydrogen (secondary N) is 1. The third kappa shape index (κ3) is 2.23. The topological polar surface area (TPSA) is 29.9 Å². The van der Waals surface area contributed by atoms with E-state index in [1.54, 1.807) is 0 Å². The minimum absolute atomic E-state index is 0.782. The van der Waals surface area contributed by atoms with E-state index in [0.29, 0.717) is 0 Å². The van der Waals surface area contributed by atoms with Gasteiger partial charge in [0.2, 0.25) is 5.95 Å². The molecule has 4 heteroatoms. The number of nitrogens with zero attached hydrogens (tertiary/aromatic N) is 2. The number of hydrogen-bond acceptors (Lipinski definition) is 3. The molecule has 1 aromatic heterocycles. The molecule has 1 unspecified atom stereocenters.